The van der Waals surface area contributed by atoms with E-state index < -0.39 is 0 Å². The first-order valence-corrected chi connectivity index (χ1v) is 4.86. The van der Waals surface area contributed by atoms with Gasteiger partial charge in [0.1, 0.15) is 0 Å². The van der Waals surface area contributed by atoms with Gasteiger partial charge in [-0.25, -0.2) is 0 Å². The van der Waals surface area contributed by atoms with Gasteiger partial charge in [0.2, 0.25) is 0 Å². The Labute approximate surface area is 74.7 Å². The largest absolute Gasteiger partial charge is 0.411 e. The Hall–Kier alpha value is -0.530. The maximum Gasteiger partial charge on any atom is 0.0601 e. The Morgan fingerprint density at radius 3 is 2.58 bits per heavy atom. The van der Waals surface area contributed by atoms with E-state index in [4.69, 9.17) is 5.21 Å². The van der Waals surface area contributed by atoms with Crippen molar-refractivity contribution in [2.75, 3.05) is 0 Å². The number of nitrogens with zero attached hydrogens (tertiary/aromatic N) is 1. The van der Waals surface area contributed by atoms with Gasteiger partial charge in [0, 0.05) is 0 Å². The Bertz CT molecular complexity index is 175. The topological polar surface area (TPSA) is 32.6 Å². The van der Waals surface area contributed by atoms with Gasteiger partial charge in [-0.3, -0.25) is 0 Å². The summed E-state index contributed by atoms with van der Waals surface area (Å²) in [4.78, 5) is 0. The molecule has 0 heterocycles. The summed E-state index contributed by atoms with van der Waals surface area (Å²) >= 11 is 0. The molecule has 1 unspecified atom stereocenters. The minimum absolute atomic E-state index is 0.491. The molecule has 2 nitrogen and oxygen atoms in total. The van der Waals surface area contributed by atoms with Gasteiger partial charge in [0.15, 0.2) is 0 Å². The number of hydrogen-bond donors (Lipinski definition) is 1. The summed E-state index contributed by atoms with van der Waals surface area (Å²) in [5.41, 5.74) is 1.000. The molecule has 0 aromatic heterocycles. The maximum atomic E-state index is 8.75. The predicted molar refractivity (Wildman–Crippen MR) is 50.6 cm³/mol. The minimum atomic E-state index is 0.491. The Morgan fingerprint density at radius 2 is 2.08 bits per heavy atom. The number of hydrogen-bond acceptors (Lipinski definition) is 2. The lowest BCUT2D eigenvalue weighted by molar-refractivity contribution is 0.285. The molecule has 1 aliphatic rings. The van der Waals surface area contributed by atoms with Crippen LogP contribution < -0.4 is 0 Å². The molecule has 0 saturated heterocycles. The van der Waals surface area contributed by atoms with Crippen LogP contribution in [0.2, 0.25) is 0 Å². The summed E-state index contributed by atoms with van der Waals surface area (Å²) in [5.74, 6) is 1.94. The van der Waals surface area contributed by atoms with Crippen molar-refractivity contribution in [3.05, 3.63) is 0 Å². The molecule has 70 valence electrons. The molecule has 0 aromatic rings. The molecule has 1 N–H and O–H groups in total. The van der Waals surface area contributed by atoms with E-state index in [1.165, 1.54) is 12.8 Å². The molecule has 0 aromatic carbocycles. The molecule has 0 amide bonds. The van der Waals surface area contributed by atoms with Gasteiger partial charge in [0.05, 0.1) is 5.71 Å². The van der Waals surface area contributed by atoms with E-state index in [2.05, 4.69) is 25.9 Å². The van der Waals surface area contributed by atoms with Crippen LogP contribution in [0.1, 0.15) is 40.0 Å². The van der Waals surface area contributed by atoms with Crippen LogP contribution in [0.15, 0.2) is 5.16 Å². The van der Waals surface area contributed by atoms with E-state index in [9.17, 15) is 0 Å². The van der Waals surface area contributed by atoms with Crippen molar-refractivity contribution in [1.82, 2.24) is 0 Å². The molecular weight excluding hydrogens is 150 g/mol. The maximum absolute atomic E-state index is 8.75. The van der Waals surface area contributed by atoms with E-state index in [1.54, 1.807) is 0 Å². The van der Waals surface area contributed by atoms with Crippen molar-refractivity contribution >= 4 is 5.71 Å². The summed E-state index contributed by atoms with van der Waals surface area (Å²) < 4.78 is 0. The third-order valence-electron chi connectivity index (χ3n) is 3.08. The number of rotatable bonds is 1. The molecular formula is C10H19NO. The molecule has 0 radical (unpaired) electrons. The van der Waals surface area contributed by atoms with Crippen molar-refractivity contribution in [1.29, 1.82) is 0 Å². The fourth-order valence-corrected chi connectivity index (χ4v) is 1.91. The zero-order valence-electron chi connectivity index (χ0n) is 8.25. The predicted octanol–water partition coefficient (Wildman–Crippen LogP) is 2.91. The second kappa shape index (κ2) is 3.92. The monoisotopic (exact) mass is 169 g/mol. The lowest BCUT2D eigenvalue weighted by Crippen LogP contribution is -2.25. The van der Waals surface area contributed by atoms with Crippen LogP contribution in [0.5, 0.6) is 0 Å². The van der Waals surface area contributed by atoms with Gasteiger partial charge >= 0.3 is 0 Å². The van der Waals surface area contributed by atoms with Crippen LogP contribution in [0.4, 0.5) is 0 Å². The highest BCUT2D eigenvalue weighted by atomic mass is 16.4. The second-order valence-corrected chi connectivity index (χ2v) is 4.28. The first kappa shape index (κ1) is 9.56. The summed E-state index contributed by atoms with van der Waals surface area (Å²) in [6.45, 7) is 6.64. The molecule has 1 rings (SSSR count). The average molecular weight is 169 g/mol. The molecule has 2 heteroatoms. The fourth-order valence-electron chi connectivity index (χ4n) is 1.91. The standard InChI is InChI=1S/C10H19NO/c1-7(2)9-5-4-8(3)10(6-9)11-12/h7-9,12H,4-6H2,1-3H3/b11-10+/t8?,9-/m1/s1. The van der Waals surface area contributed by atoms with Crippen molar-refractivity contribution < 1.29 is 5.21 Å². The SMILES string of the molecule is CC1CC[C@@H](C(C)C)C/C1=N\O. The smallest absolute Gasteiger partial charge is 0.0601 e. The molecule has 1 fully saturated rings. The highest BCUT2D eigenvalue weighted by Gasteiger charge is 2.25. The first-order chi connectivity index (χ1) is 5.65. The van der Waals surface area contributed by atoms with E-state index in [1.807, 2.05) is 0 Å². The van der Waals surface area contributed by atoms with Gasteiger partial charge in [-0.05, 0) is 37.0 Å². The lowest BCUT2D eigenvalue weighted by Gasteiger charge is -2.29. The van der Waals surface area contributed by atoms with E-state index in [-0.39, 0.29) is 0 Å². The highest BCUT2D eigenvalue weighted by molar-refractivity contribution is 5.86. The molecule has 1 aliphatic carbocycles. The summed E-state index contributed by atoms with van der Waals surface area (Å²) in [5, 5.41) is 12.1. The highest BCUT2D eigenvalue weighted by Crippen LogP contribution is 2.31. The summed E-state index contributed by atoms with van der Waals surface area (Å²) in [6.07, 6.45) is 3.47. The summed E-state index contributed by atoms with van der Waals surface area (Å²) in [6, 6.07) is 0. The lowest BCUT2D eigenvalue weighted by atomic mass is 9.76. The first-order valence-electron chi connectivity index (χ1n) is 4.86. The normalized spacial score (nSPS) is 34.5. The Morgan fingerprint density at radius 1 is 1.42 bits per heavy atom. The Kier molecular flexibility index (Phi) is 3.12. The van der Waals surface area contributed by atoms with Crippen molar-refractivity contribution in [2.45, 2.75) is 40.0 Å². The zero-order chi connectivity index (χ0) is 9.14. The van der Waals surface area contributed by atoms with E-state index in [0.29, 0.717) is 11.8 Å². The molecule has 0 aliphatic heterocycles. The van der Waals surface area contributed by atoms with Crippen LogP contribution in [-0.2, 0) is 0 Å². The molecule has 0 spiro atoms. The average Bonchev–Trinajstić information content (AvgIpc) is 2.05. The Balaban J connectivity index is 2.56. The van der Waals surface area contributed by atoms with Crippen LogP contribution in [0, 0.1) is 17.8 Å². The van der Waals surface area contributed by atoms with E-state index in [0.717, 1.165) is 18.1 Å². The van der Waals surface area contributed by atoms with Gasteiger partial charge in [0.25, 0.3) is 0 Å². The second-order valence-electron chi connectivity index (χ2n) is 4.28. The zero-order valence-corrected chi connectivity index (χ0v) is 8.25. The quantitative estimate of drug-likeness (QED) is 0.475. The van der Waals surface area contributed by atoms with E-state index >= 15 is 0 Å². The third-order valence-corrected chi connectivity index (χ3v) is 3.08. The van der Waals surface area contributed by atoms with Crippen molar-refractivity contribution in [2.24, 2.45) is 22.9 Å². The van der Waals surface area contributed by atoms with Gasteiger partial charge in [-0.15, -0.1) is 0 Å². The minimum Gasteiger partial charge on any atom is -0.411 e. The van der Waals surface area contributed by atoms with Crippen LogP contribution >= 0.6 is 0 Å². The van der Waals surface area contributed by atoms with Gasteiger partial charge < -0.3 is 5.21 Å². The third kappa shape index (κ3) is 1.99. The van der Waals surface area contributed by atoms with Crippen LogP contribution in [0.25, 0.3) is 0 Å². The van der Waals surface area contributed by atoms with Crippen LogP contribution in [0.3, 0.4) is 0 Å². The number of oxime groups is 1. The van der Waals surface area contributed by atoms with Crippen molar-refractivity contribution in [3.63, 3.8) is 0 Å². The van der Waals surface area contributed by atoms with Crippen LogP contribution in [-0.4, -0.2) is 10.9 Å². The summed E-state index contributed by atoms with van der Waals surface area (Å²) in [7, 11) is 0. The molecule has 2 atom stereocenters. The molecule has 0 bridgehead atoms. The van der Waals surface area contributed by atoms with Gasteiger partial charge in [-0.2, -0.15) is 0 Å². The molecule has 12 heavy (non-hydrogen) atoms. The van der Waals surface area contributed by atoms with Crippen molar-refractivity contribution in [3.8, 4) is 0 Å². The van der Waals surface area contributed by atoms with Gasteiger partial charge in [-0.1, -0.05) is 25.9 Å². The molecule has 1 saturated carbocycles. The fraction of sp³-hybridized carbons (Fsp3) is 0.900.